The third-order valence-corrected chi connectivity index (χ3v) is 6.24. The zero-order chi connectivity index (χ0) is 20.6. The highest BCUT2D eigenvalue weighted by Gasteiger charge is 2.23. The van der Waals surface area contributed by atoms with Crippen molar-refractivity contribution in [1.29, 1.82) is 0 Å². The van der Waals surface area contributed by atoms with Gasteiger partial charge in [-0.05, 0) is 31.4 Å². The molecule has 0 spiro atoms. The summed E-state index contributed by atoms with van der Waals surface area (Å²) in [4.78, 5) is 31.4. The van der Waals surface area contributed by atoms with Crippen molar-refractivity contribution in [2.75, 3.05) is 52.4 Å². The second-order valence-corrected chi connectivity index (χ2v) is 8.57. The van der Waals surface area contributed by atoms with Crippen molar-refractivity contribution in [3.63, 3.8) is 0 Å². The lowest BCUT2D eigenvalue weighted by atomic mass is 10.1. The number of nitrogens with one attached hydrogen (secondary N) is 1. The zero-order valence-electron chi connectivity index (χ0n) is 17.4. The summed E-state index contributed by atoms with van der Waals surface area (Å²) < 4.78 is 0. The minimum Gasteiger partial charge on any atom is -0.348 e. The molecular formula is C22H33ClN4O2. The van der Waals surface area contributed by atoms with E-state index in [9.17, 15) is 9.59 Å². The highest BCUT2D eigenvalue weighted by atomic mass is 35.5. The second-order valence-electron chi connectivity index (χ2n) is 8.16. The molecule has 29 heavy (non-hydrogen) atoms. The van der Waals surface area contributed by atoms with Crippen LogP contribution in [-0.2, 0) is 9.59 Å². The molecule has 1 aromatic carbocycles. The highest BCUT2D eigenvalue weighted by Crippen LogP contribution is 2.22. The van der Waals surface area contributed by atoms with Gasteiger partial charge < -0.3 is 10.2 Å². The van der Waals surface area contributed by atoms with Gasteiger partial charge >= 0.3 is 0 Å². The molecule has 1 atom stereocenters. The van der Waals surface area contributed by atoms with E-state index >= 15 is 0 Å². The zero-order valence-corrected chi connectivity index (χ0v) is 18.2. The van der Waals surface area contributed by atoms with Crippen LogP contribution in [0.1, 0.15) is 44.2 Å². The van der Waals surface area contributed by atoms with E-state index in [1.165, 1.54) is 12.8 Å². The quantitative estimate of drug-likeness (QED) is 0.768. The Morgan fingerprint density at radius 1 is 0.931 bits per heavy atom. The van der Waals surface area contributed by atoms with Gasteiger partial charge in [-0.1, -0.05) is 42.6 Å². The molecule has 1 aromatic rings. The van der Waals surface area contributed by atoms with E-state index in [0.717, 1.165) is 57.7 Å². The van der Waals surface area contributed by atoms with Gasteiger partial charge in [-0.25, -0.2) is 0 Å². The molecule has 6 nitrogen and oxygen atoms in total. The Kier molecular flexibility index (Phi) is 8.33. The molecule has 2 heterocycles. The van der Waals surface area contributed by atoms with Crippen LogP contribution in [0.2, 0.25) is 5.02 Å². The average Bonchev–Trinajstić information content (AvgIpc) is 2.99. The van der Waals surface area contributed by atoms with Crippen molar-refractivity contribution in [2.24, 2.45) is 0 Å². The lowest BCUT2D eigenvalue weighted by Crippen LogP contribution is -2.52. The summed E-state index contributed by atoms with van der Waals surface area (Å²) in [5.74, 6) is 0.262. The molecule has 0 bridgehead atoms. The van der Waals surface area contributed by atoms with E-state index in [0.29, 0.717) is 18.1 Å². The molecule has 1 unspecified atom stereocenters. The molecule has 2 aliphatic rings. The lowest BCUT2D eigenvalue weighted by Gasteiger charge is -2.35. The number of likely N-dealkylation sites (tertiary alicyclic amines) is 1. The standard InChI is InChI=1S/C22H33ClN4O2/c1-18(19-8-4-5-9-20(19)23)24-21(28)16-25-12-14-26(15-13-25)17-22(29)27-10-6-2-3-7-11-27/h4-5,8-9,18H,2-3,6-7,10-17H2,1H3,(H,24,28). The van der Waals surface area contributed by atoms with Crippen molar-refractivity contribution in [3.8, 4) is 0 Å². The number of amides is 2. The number of hydrogen-bond acceptors (Lipinski definition) is 4. The maximum atomic E-state index is 12.6. The van der Waals surface area contributed by atoms with Gasteiger partial charge in [0.05, 0.1) is 19.1 Å². The first-order valence-corrected chi connectivity index (χ1v) is 11.2. The summed E-state index contributed by atoms with van der Waals surface area (Å²) >= 11 is 6.22. The third-order valence-electron chi connectivity index (χ3n) is 5.90. The van der Waals surface area contributed by atoms with E-state index in [1.54, 1.807) is 0 Å². The molecule has 7 heteroatoms. The second kappa shape index (κ2) is 11.0. The number of hydrogen-bond donors (Lipinski definition) is 1. The largest absolute Gasteiger partial charge is 0.348 e. The van der Waals surface area contributed by atoms with Crippen LogP contribution in [0.15, 0.2) is 24.3 Å². The van der Waals surface area contributed by atoms with E-state index in [-0.39, 0.29) is 17.9 Å². The minimum atomic E-state index is -0.122. The van der Waals surface area contributed by atoms with Gasteiger partial charge in [0.1, 0.15) is 0 Å². The van der Waals surface area contributed by atoms with Crippen molar-refractivity contribution in [1.82, 2.24) is 20.0 Å². The number of carbonyl (C=O) groups excluding carboxylic acids is 2. The molecule has 2 fully saturated rings. The number of carbonyl (C=O) groups is 2. The molecule has 1 N–H and O–H groups in total. The normalized spacial score (nSPS) is 20.1. The smallest absolute Gasteiger partial charge is 0.236 e. The first kappa shape index (κ1) is 22.1. The molecule has 0 aromatic heterocycles. The van der Waals surface area contributed by atoms with Crippen LogP contribution in [0.4, 0.5) is 0 Å². The monoisotopic (exact) mass is 420 g/mol. The molecule has 160 valence electrons. The molecule has 0 radical (unpaired) electrons. The summed E-state index contributed by atoms with van der Waals surface area (Å²) in [5, 5.41) is 3.71. The van der Waals surface area contributed by atoms with Crippen molar-refractivity contribution < 1.29 is 9.59 Å². The van der Waals surface area contributed by atoms with Gasteiger partial charge in [-0.2, -0.15) is 0 Å². The van der Waals surface area contributed by atoms with Crippen LogP contribution in [0.5, 0.6) is 0 Å². The Hall–Kier alpha value is -1.63. The Labute approximate surface area is 179 Å². The van der Waals surface area contributed by atoms with E-state index in [2.05, 4.69) is 15.1 Å². The Balaban J connectivity index is 1.38. The summed E-state index contributed by atoms with van der Waals surface area (Å²) in [7, 11) is 0. The van der Waals surface area contributed by atoms with Gasteiger partial charge in [0.2, 0.25) is 11.8 Å². The topological polar surface area (TPSA) is 55.9 Å². The number of piperazine rings is 1. The van der Waals surface area contributed by atoms with Gasteiger partial charge in [0.15, 0.2) is 0 Å². The summed E-state index contributed by atoms with van der Waals surface area (Å²) in [6.07, 6.45) is 4.72. The maximum absolute atomic E-state index is 12.6. The fraction of sp³-hybridized carbons (Fsp3) is 0.636. The number of nitrogens with zero attached hydrogens (tertiary/aromatic N) is 3. The Bertz CT molecular complexity index is 683. The lowest BCUT2D eigenvalue weighted by molar-refractivity contribution is -0.133. The van der Waals surface area contributed by atoms with Crippen LogP contribution in [-0.4, -0.2) is 78.9 Å². The third kappa shape index (κ3) is 6.69. The molecule has 2 amide bonds. The van der Waals surface area contributed by atoms with Gasteiger partial charge in [-0.3, -0.25) is 19.4 Å². The summed E-state index contributed by atoms with van der Waals surface area (Å²) in [5.41, 5.74) is 0.930. The Morgan fingerprint density at radius 2 is 1.52 bits per heavy atom. The van der Waals surface area contributed by atoms with Crippen LogP contribution in [0.3, 0.4) is 0 Å². The fourth-order valence-corrected chi connectivity index (χ4v) is 4.41. The van der Waals surface area contributed by atoms with E-state index in [1.807, 2.05) is 36.1 Å². The van der Waals surface area contributed by atoms with Crippen molar-refractivity contribution in [2.45, 2.75) is 38.6 Å². The van der Waals surface area contributed by atoms with Gasteiger partial charge in [-0.15, -0.1) is 0 Å². The number of benzene rings is 1. The van der Waals surface area contributed by atoms with Crippen LogP contribution >= 0.6 is 11.6 Å². The molecule has 3 rings (SSSR count). The van der Waals surface area contributed by atoms with Gasteiger partial charge in [0, 0.05) is 44.3 Å². The maximum Gasteiger partial charge on any atom is 0.236 e. The molecule has 0 saturated carbocycles. The molecule has 2 aliphatic heterocycles. The molecule has 2 saturated heterocycles. The predicted molar refractivity (Wildman–Crippen MR) is 116 cm³/mol. The predicted octanol–water partition coefficient (Wildman–Crippen LogP) is 2.54. The highest BCUT2D eigenvalue weighted by molar-refractivity contribution is 6.31. The first-order chi connectivity index (χ1) is 14.0. The van der Waals surface area contributed by atoms with Crippen LogP contribution in [0, 0.1) is 0 Å². The van der Waals surface area contributed by atoms with Crippen molar-refractivity contribution in [3.05, 3.63) is 34.9 Å². The number of halogens is 1. The minimum absolute atomic E-state index is 0.00603. The fourth-order valence-electron chi connectivity index (χ4n) is 4.11. The van der Waals surface area contributed by atoms with Crippen molar-refractivity contribution >= 4 is 23.4 Å². The van der Waals surface area contributed by atoms with E-state index < -0.39 is 0 Å². The van der Waals surface area contributed by atoms with Crippen LogP contribution in [0.25, 0.3) is 0 Å². The number of rotatable bonds is 6. The van der Waals surface area contributed by atoms with E-state index in [4.69, 9.17) is 11.6 Å². The molecular weight excluding hydrogens is 388 g/mol. The summed E-state index contributed by atoms with van der Waals surface area (Å²) in [6, 6.07) is 7.47. The Morgan fingerprint density at radius 3 is 2.14 bits per heavy atom. The van der Waals surface area contributed by atoms with Gasteiger partial charge in [0.25, 0.3) is 0 Å². The summed E-state index contributed by atoms with van der Waals surface area (Å²) in [6.45, 7) is 7.91. The van der Waals surface area contributed by atoms with Crippen LogP contribution < -0.4 is 5.32 Å². The first-order valence-electron chi connectivity index (χ1n) is 10.8. The molecule has 0 aliphatic carbocycles. The average molecular weight is 421 g/mol. The SMILES string of the molecule is CC(NC(=O)CN1CCN(CC(=O)N2CCCCCC2)CC1)c1ccccc1Cl.